The lowest BCUT2D eigenvalue weighted by Gasteiger charge is -2.27. The minimum Gasteiger partial charge on any atom is -0.489 e. The van der Waals surface area contributed by atoms with Gasteiger partial charge in [0, 0.05) is 11.3 Å². The van der Waals surface area contributed by atoms with E-state index in [1.165, 1.54) is 11.8 Å². The van der Waals surface area contributed by atoms with Crippen molar-refractivity contribution < 1.29 is 24.2 Å². The van der Waals surface area contributed by atoms with Crippen molar-refractivity contribution in [3.05, 3.63) is 76.5 Å². The standard InChI is InChI=1S/C21H19N5O5/c1-12-17(19(27)28)18(26-21(22-12)23-24-25-26)15-8-3-4-9-16(15)31-11-13-6-5-7-14(10-13)20(29)30-2/h3-10,18H,11H2,1-2H3,(H,27,28)(H,22,23,25). The number of hydrogen-bond donors (Lipinski definition) is 2. The van der Waals surface area contributed by atoms with Crippen LogP contribution in [0.1, 0.15) is 34.5 Å². The number of carboxylic acids is 1. The minimum absolute atomic E-state index is 0.114. The highest BCUT2D eigenvalue weighted by Gasteiger charge is 2.35. The average molecular weight is 421 g/mol. The van der Waals surface area contributed by atoms with Crippen molar-refractivity contribution in [2.24, 2.45) is 0 Å². The number of esters is 1. The molecule has 10 nitrogen and oxygen atoms in total. The maximum absolute atomic E-state index is 12.0. The summed E-state index contributed by atoms with van der Waals surface area (Å²) in [5.74, 6) is -0.703. The fourth-order valence-corrected chi connectivity index (χ4v) is 3.48. The predicted molar refractivity (Wildman–Crippen MR) is 108 cm³/mol. The van der Waals surface area contributed by atoms with E-state index in [0.29, 0.717) is 28.5 Å². The number of carbonyl (C=O) groups excluding carboxylic acids is 1. The van der Waals surface area contributed by atoms with E-state index in [2.05, 4.69) is 20.8 Å². The third kappa shape index (κ3) is 3.82. The number of nitrogens with zero attached hydrogens (tertiary/aromatic N) is 4. The molecular weight excluding hydrogens is 402 g/mol. The molecule has 1 unspecified atom stereocenters. The second kappa shape index (κ2) is 8.27. The fourth-order valence-electron chi connectivity index (χ4n) is 3.48. The maximum Gasteiger partial charge on any atom is 0.337 e. The van der Waals surface area contributed by atoms with Gasteiger partial charge >= 0.3 is 11.9 Å². The van der Waals surface area contributed by atoms with Crippen LogP contribution in [-0.2, 0) is 16.1 Å². The Morgan fingerprint density at radius 1 is 1.19 bits per heavy atom. The molecule has 0 saturated heterocycles. The lowest BCUT2D eigenvalue weighted by Crippen LogP contribution is -2.29. The van der Waals surface area contributed by atoms with E-state index in [9.17, 15) is 14.7 Å². The molecule has 0 amide bonds. The van der Waals surface area contributed by atoms with Crippen LogP contribution in [0.25, 0.3) is 0 Å². The maximum atomic E-state index is 12.0. The highest BCUT2D eigenvalue weighted by molar-refractivity contribution is 5.91. The van der Waals surface area contributed by atoms with Gasteiger partial charge in [0.25, 0.3) is 0 Å². The van der Waals surface area contributed by atoms with Gasteiger partial charge in [0.05, 0.1) is 18.2 Å². The molecule has 0 radical (unpaired) electrons. The minimum atomic E-state index is -1.09. The molecule has 2 N–H and O–H groups in total. The van der Waals surface area contributed by atoms with Crippen molar-refractivity contribution in [3.8, 4) is 5.75 Å². The quantitative estimate of drug-likeness (QED) is 0.577. The first kappa shape index (κ1) is 20.1. The number of tetrazole rings is 1. The van der Waals surface area contributed by atoms with Crippen LogP contribution in [0.4, 0.5) is 5.95 Å². The number of methoxy groups -OCH3 is 1. The summed E-state index contributed by atoms with van der Waals surface area (Å²) in [4.78, 5) is 23.8. The first-order valence-electron chi connectivity index (χ1n) is 9.37. The van der Waals surface area contributed by atoms with Gasteiger partial charge in [-0.15, -0.1) is 0 Å². The zero-order chi connectivity index (χ0) is 22.0. The fraction of sp³-hybridized carbons (Fsp3) is 0.190. The summed E-state index contributed by atoms with van der Waals surface area (Å²) >= 11 is 0. The second-order valence-electron chi connectivity index (χ2n) is 6.84. The van der Waals surface area contributed by atoms with E-state index in [0.717, 1.165) is 5.56 Å². The van der Waals surface area contributed by atoms with E-state index in [4.69, 9.17) is 9.47 Å². The molecular formula is C21H19N5O5. The zero-order valence-electron chi connectivity index (χ0n) is 16.8. The Balaban J connectivity index is 1.68. The number of aromatic nitrogens is 4. The molecule has 158 valence electrons. The summed E-state index contributed by atoms with van der Waals surface area (Å²) in [6.07, 6.45) is 0. The topological polar surface area (TPSA) is 128 Å². The van der Waals surface area contributed by atoms with Crippen LogP contribution in [0.15, 0.2) is 59.8 Å². The van der Waals surface area contributed by atoms with E-state index in [1.807, 2.05) is 6.07 Å². The number of allylic oxidation sites excluding steroid dienone is 1. The third-order valence-corrected chi connectivity index (χ3v) is 4.90. The van der Waals surface area contributed by atoms with Gasteiger partial charge in [-0.25, -0.2) is 9.59 Å². The van der Waals surface area contributed by atoms with Gasteiger partial charge in [-0.1, -0.05) is 35.4 Å². The van der Waals surface area contributed by atoms with Crippen LogP contribution in [0.2, 0.25) is 0 Å². The number of nitrogens with one attached hydrogen (secondary N) is 1. The third-order valence-electron chi connectivity index (χ3n) is 4.90. The van der Waals surface area contributed by atoms with E-state index in [-0.39, 0.29) is 12.2 Å². The second-order valence-corrected chi connectivity index (χ2v) is 6.84. The Kier molecular flexibility index (Phi) is 5.35. The summed E-state index contributed by atoms with van der Waals surface area (Å²) in [7, 11) is 1.32. The van der Waals surface area contributed by atoms with Gasteiger partial charge < -0.3 is 19.9 Å². The lowest BCUT2D eigenvalue weighted by atomic mass is 9.95. The summed E-state index contributed by atoms with van der Waals surface area (Å²) in [5, 5.41) is 24.3. The number of benzene rings is 2. The summed E-state index contributed by atoms with van der Waals surface area (Å²) in [6.45, 7) is 1.83. The number of carbonyl (C=O) groups is 2. The number of aliphatic carboxylic acids is 1. The molecule has 0 aliphatic carbocycles. The molecule has 10 heteroatoms. The van der Waals surface area contributed by atoms with Crippen molar-refractivity contribution in [1.82, 2.24) is 20.2 Å². The number of rotatable bonds is 6. The Bertz CT molecular complexity index is 1190. The highest BCUT2D eigenvalue weighted by Crippen LogP contribution is 2.38. The lowest BCUT2D eigenvalue weighted by molar-refractivity contribution is -0.133. The van der Waals surface area contributed by atoms with Crippen molar-refractivity contribution >= 4 is 17.9 Å². The van der Waals surface area contributed by atoms with Gasteiger partial charge in [0.2, 0.25) is 5.95 Å². The Morgan fingerprint density at radius 3 is 2.77 bits per heavy atom. The molecule has 3 aromatic rings. The molecule has 1 aliphatic heterocycles. The molecule has 0 saturated carbocycles. The van der Waals surface area contributed by atoms with Crippen molar-refractivity contribution in [3.63, 3.8) is 0 Å². The van der Waals surface area contributed by atoms with Gasteiger partial charge in [-0.05, 0) is 41.1 Å². The summed E-state index contributed by atoms with van der Waals surface area (Å²) in [5.41, 5.74) is 2.33. The SMILES string of the molecule is COC(=O)c1cccc(COc2ccccc2C2C(C(=O)O)=C(C)Nc3nnnn32)c1. The van der Waals surface area contributed by atoms with Crippen molar-refractivity contribution in [1.29, 1.82) is 0 Å². The first-order valence-corrected chi connectivity index (χ1v) is 9.37. The molecule has 1 aliphatic rings. The van der Waals surface area contributed by atoms with Crippen molar-refractivity contribution in [2.75, 3.05) is 12.4 Å². The monoisotopic (exact) mass is 421 g/mol. The Hall–Kier alpha value is -4.21. The number of para-hydroxylation sites is 1. The molecule has 4 rings (SSSR count). The van der Waals surface area contributed by atoms with Crippen LogP contribution in [0.3, 0.4) is 0 Å². The van der Waals surface area contributed by atoms with Gasteiger partial charge in [-0.2, -0.15) is 4.68 Å². The van der Waals surface area contributed by atoms with E-state index >= 15 is 0 Å². The number of fused-ring (bicyclic) bond motifs is 1. The van der Waals surface area contributed by atoms with Gasteiger partial charge in [-0.3, -0.25) is 0 Å². The highest BCUT2D eigenvalue weighted by atomic mass is 16.5. The molecule has 0 fully saturated rings. The molecule has 2 aromatic carbocycles. The molecule has 1 aromatic heterocycles. The van der Waals surface area contributed by atoms with Crippen LogP contribution in [-0.4, -0.2) is 44.4 Å². The normalized spacial score (nSPS) is 15.1. The van der Waals surface area contributed by atoms with Gasteiger partial charge in [0.15, 0.2) is 0 Å². The molecule has 0 spiro atoms. The first-order chi connectivity index (χ1) is 15.0. The van der Waals surface area contributed by atoms with Crippen LogP contribution < -0.4 is 10.1 Å². The summed E-state index contributed by atoms with van der Waals surface area (Å²) < 4.78 is 12.2. The van der Waals surface area contributed by atoms with Crippen LogP contribution in [0, 0.1) is 0 Å². The zero-order valence-corrected chi connectivity index (χ0v) is 16.8. The Labute approximate surface area is 177 Å². The van der Waals surface area contributed by atoms with Crippen LogP contribution in [0.5, 0.6) is 5.75 Å². The number of ether oxygens (including phenoxy) is 2. The average Bonchev–Trinajstić information content (AvgIpc) is 3.24. The number of hydrogen-bond acceptors (Lipinski definition) is 8. The van der Waals surface area contributed by atoms with Crippen LogP contribution >= 0.6 is 0 Å². The molecule has 0 bridgehead atoms. The number of anilines is 1. The molecule has 2 heterocycles. The molecule has 31 heavy (non-hydrogen) atoms. The largest absolute Gasteiger partial charge is 0.489 e. The van der Waals surface area contributed by atoms with E-state index in [1.54, 1.807) is 49.4 Å². The molecule has 1 atom stereocenters. The number of carboxylic acid groups (broad SMARTS) is 1. The summed E-state index contributed by atoms with van der Waals surface area (Å²) in [6, 6.07) is 13.2. The van der Waals surface area contributed by atoms with Crippen molar-refractivity contribution in [2.45, 2.75) is 19.6 Å². The van der Waals surface area contributed by atoms with E-state index < -0.39 is 18.0 Å². The Morgan fingerprint density at radius 2 is 2.00 bits per heavy atom. The smallest absolute Gasteiger partial charge is 0.337 e. The van der Waals surface area contributed by atoms with Gasteiger partial charge in [0.1, 0.15) is 18.4 Å². The predicted octanol–water partition coefficient (Wildman–Crippen LogP) is 2.41.